The summed E-state index contributed by atoms with van der Waals surface area (Å²) >= 11 is 6.38. The summed E-state index contributed by atoms with van der Waals surface area (Å²) in [5, 5.41) is 2.75. The van der Waals surface area contributed by atoms with Crippen LogP contribution >= 0.6 is 11.6 Å². The first-order valence-electron chi connectivity index (χ1n) is 13.3. The SMILES string of the molecule is CC(C)Cc1cccc2nc(Cn3c(Cl)ccc(NC(=O)[C@H](CC/C=C/C(=O)N(C)C)OC(=O)N(C)C)c3=O)[nH]c12. The van der Waals surface area contributed by atoms with E-state index >= 15 is 0 Å². The summed E-state index contributed by atoms with van der Waals surface area (Å²) in [4.78, 5) is 61.1. The van der Waals surface area contributed by atoms with Gasteiger partial charge in [-0.2, -0.15) is 0 Å². The number of aromatic nitrogens is 3. The summed E-state index contributed by atoms with van der Waals surface area (Å²) in [6.45, 7) is 4.34. The number of pyridine rings is 1. The van der Waals surface area contributed by atoms with Gasteiger partial charge in [-0.15, -0.1) is 0 Å². The Morgan fingerprint density at radius 3 is 2.51 bits per heavy atom. The molecule has 0 aliphatic carbocycles. The molecular weight excluding hydrogens is 548 g/mol. The van der Waals surface area contributed by atoms with Crippen LogP contribution in [0.3, 0.4) is 0 Å². The van der Waals surface area contributed by atoms with Crippen LogP contribution in [-0.2, 0) is 27.3 Å². The van der Waals surface area contributed by atoms with E-state index in [1.54, 1.807) is 20.2 Å². The summed E-state index contributed by atoms with van der Waals surface area (Å²) in [6.07, 6.45) is 2.32. The Morgan fingerprint density at radius 1 is 1.12 bits per heavy atom. The van der Waals surface area contributed by atoms with Gasteiger partial charge in [-0.25, -0.2) is 9.78 Å². The molecule has 3 aromatic rings. The van der Waals surface area contributed by atoms with E-state index in [9.17, 15) is 19.2 Å². The first-order chi connectivity index (χ1) is 19.4. The van der Waals surface area contributed by atoms with Gasteiger partial charge in [0.2, 0.25) is 5.91 Å². The summed E-state index contributed by atoms with van der Waals surface area (Å²) in [6, 6.07) is 8.81. The van der Waals surface area contributed by atoms with Gasteiger partial charge in [0.05, 0.1) is 17.6 Å². The maximum Gasteiger partial charge on any atom is 0.410 e. The lowest BCUT2D eigenvalue weighted by Crippen LogP contribution is -2.37. The number of hydrogen-bond donors (Lipinski definition) is 2. The quantitative estimate of drug-likeness (QED) is 0.258. The zero-order chi connectivity index (χ0) is 30.3. The lowest BCUT2D eigenvalue weighted by Gasteiger charge is -2.20. The van der Waals surface area contributed by atoms with E-state index in [-0.39, 0.29) is 36.1 Å². The van der Waals surface area contributed by atoms with Crippen molar-refractivity contribution < 1.29 is 19.1 Å². The van der Waals surface area contributed by atoms with Crippen LogP contribution in [0.15, 0.2) is 47.3 Å². The number of halogens is 1. The molecule has 3 rings (SSSR count). The summed E-state index contributed by atoms with van der Waals surface area (Å²) in [7, 11) is 6.24. The van der Waals surface area contributed by atoms with Gasteiger partial charge in [0, 0.05) is 28.2 Å². The topological polar surface area (TPSA) is 130 Å². The number of imidazole rings is 1. The molecule has 2 aromatic heterocycles. The number of hydrogen-bond acceptors (Lipinski definition) is 6. The highest BCUT2D eigenvalue weighted by atomic mass is 35.5. The molecule has 0 saturated carbocycles. The molecule has 0 aliphatic rings. The average molecular weight is 585 g/mol. The molecule has 41 heavy (non-hydrogen) atoms. The second-order valence-electron chi connectivity index (χ2n) is 10.5. The van der Waals surface area contributed by atoms with E-state index in [4.69, 9.17) is 16.3 Å². The van der Waals surface area contributed by atoms with E-state index in [2.05, 4.69) is 35.2 Å². The number of aromatic amines is 1. The van der Waals surface area contributed by atoms with Gasteiger partial charge in [-0.05, 0) is 55.0 Å². The molecule has 220 valence electrons. The molecule has 12 heteroatoms. The number of amides is 3. The zero-order valence-electron chi connectivity index (χ0n) is 24.2. The number of nitrogens with zero attached hydrogens (tertiary/aromatic N) is 4. The van der Waals surface area contributed by atoms with Crippen molar-refractivity contribution in [2.75, 3.05) is 33.5 Å². The number of fused-ring (bicyclic) bond motifs is 1. The second-order valence-corrected chi connectivity index (χ2v) is 10.9. The van der Waals surface area contributed by atoms with Crippen molar-refractivity contribution in [3.8, 4) is 0 Å². The van der Waals surface area contributed by atoms with Gasteiger partial charge in [0.1, 0.15) is 16.7 Å². The number of H-pyrrole nitrogens is 1. The van der Waals surface area contributed by atoms with Gasteiger partial charge in [0.15, 0.2) is 6.10 Å². The minimum atomic E-state index is -1.21. The normalized spacial score (nSPS) is 12.1. The van der Waals surface area contributed by atoms with Crippen molar-refractivity contribution in [3.05, 3.63) is 69.4 Å². The summed E-state index contributed by atoms with van der Waals surface area (Å²) < 4.78 is 6.66. The Balaban J connectivity index is 1.82. The molecule has 2 N–H and O–H groups in total. The molecule has 11 nitrogen and oxygen atoms in total. The van der Waals surface area contributed by atoms with Gasteiger partial charge >= 0.3 is 6.09 Å². The molecule has 1 aromatic carbocycles. The molecule has 0 unspecified atom stereocenters. The third-order valence-electron chi connectivity index (χ3n) is 6.17. The summed E-state index contributed by atoms with van der Waals surface area (Å²) in [5.74, 6) is 0.113. The third kappa shape index (κ3) is 8.43. The number of carbonyl (C=O) groups is 3. The van der Waals surface area contributed by atoms with Crippen molar-refractivity contribution in [2.45, 2.75) is 45.8 Å². The standard InChI is InChI=1S/C29H37ClN6O5/c1-18(2)16-19-10-9-11-20-26(19)33-24(31-20)17-36-23(30)15-14-21(28(36)39)32-27(38)22(41-29(40)35(5)6)12-7-8-13-25(37)34(3)4/h8-11,13-15,18,22H,7,12,16-17H2,1-6H3,(H,31,33)(H,32,38)/b13-8+/t22-/m0/s1. The Morgan fingerprint density at radius 2 is 1.85 bits per heavy atom. The number of likely N-dealkylation sites (N-methyl/N-ethyl adjacent to an activating group) is 1. The van der Waals surface area contributed by atoms with Gasteiger partial charge in [-0.1, -0.05) is 43.7 Å². The number of ether oxygens (including phenoxy) is 1. The van der Waals surface area contributed by atoms with Crippen LogP contribution < -0.4 is 10.9 Å². The lowest BCUT2D eigenvalue weighted by atomic mass is 10.0. The molecule has 0 saturated heterocycles. The monoisotopic (exact) mass is 584 g/mol. The van der Waals surface area contributed by atoms with E-state index in [1.165, 1.54) is 46.7 Å². The molecular formula is C29H37ClN6O5. The van der Waals surface area contributed by atoms with E-state index in [1.807, 2.05) is 12.1 Å². The van der Waals surface area contributed by atoms with Crippen LogP contribution in [0.4, 0.5) is 10.5 Å². The zero-order valence-corrected chi connectivity index (χ0v) is 25.0. The third-order valence-corrected chi connectivity index (χ3v) is 6.50. The molecule has 2 heterocycles. The Kier molecular flexibility index (Phi) is 10.7. The van der Waals surface area contributed by atoms with E-state index in [0.29, 0.717) is 11.7 Å². The van der Waals surface area contributed by atoms with Crippen LogP contribution in [0, 0.1) is 5.92 Å². The highest BCUT2D eigenvalue weighted by Crippen LogP contribution is 2.21. The molecule has 0 aliphatic heterocycles. The number of allylic oxidation sites excluding steroid dienone is 1. The maximum atomic E-state index is 13.4. The molecule has 1 atom stereocenters. The highest BCUT2D eigenvalue weighted by molar-refractivity contribution is 6.29. The average Bonchev–Trinajstić information content (AvgIpc) is 3.33. The van der Waals surface area contributed by atoms with Gasteiger partial charge < -0.3 is 24.8 Å². The van der Waals surface area contributed by atoms with Gasteiger partial charge in [0.25, 0.3) is 11.5 Å². The molecule has 0 spiro atoms. The minimum Gasteiger partial charge on any atom is -0.436 e. The number of carbonyl (C=O) groups excluding carboxylic acids is 3. The van der Waals surface area contributed by atoms with Crippen molar-refractivity contribution in [1.29, 1.82) is 0 Å². The minimum absolute atomic E-state index is 0.0276. The van der Waals surface area contributed by atoms with Crippen molar-refractivity contribution >= 4 is 46.2 Å². The molecule has 3 amide bonds. The fourth-order valence-electron chi connectivity index (χ4n) is 4.04. The number of rotatable bonds is 11. The fourth-order valence-corrected chi connectivity index (χ4v) is 4.24. The Bertz CT molecular complexity index is 1490. The van der Waals surface area contributed by atoms with Crippen LogP contribution in [0.5, 0.6) is 0 Å². The summed E-state index contributed by atoms with van der Waals surface area (Å²) in [5.41, 5.74) is 2.27. The number of anilines is 1. The van der Waals surface area contributed by atoms with Crippen molar-refractivity contribution in [1.82, 2.24) is 24.3 Å². The highest BCUT2D eigenvalue weighted by Gasteiger charge is 2.25. The Labute approximate surface area is 244 Å². The second kappa shape index (κ2) is 14.0. The molecule has 0 fully saturated rings. The largest absolute Gasteiger partial charge is 0.436 e. The number of benzene rings is 1. The van der Waals surface area contributed by atoms with Crippen LogP contribution in [0.1, 0.15) is 38.1 Å². The van der Waals surface area contributed by atoms with E-state index < -0.39 is 23.7 Å². The maximum absolute atomic E-state index is 13.4. The number of para-hydroxylation sites is 1. The molecule has 0 radical (unpaired) electrons. The van der Waals surface area contributed by atoms with Crippen LogP contribution in [-0.4, -0.2) is 76.5 Å². The van der Waals surface area contributed by atoms with Crippen LogP contribution in [0.2, 0.25) is 5.15 Å². The van der Waals surface area contributed by atoms with Crippen LogP contribution in [0.25, 0.3) is 11.0 Å². The first-order valence-corrected chi connectivity index (χ1v) is 13.7. The van der Waals surface area contributed by atoms with E-state index in [0.717, 1.165) is 23.0 Å². The number of nitrogens with one attached hydrogen (secondary N) is 2. The predicted octanol–water partition coefficient (Wildman–Crippen LogP) is 4.05. The first kappa shape index (κ1) is 31.4. The Hall–Kier alpha value is -4.12. The van der Waals surface area contributed by atoms with Crippen molar-refractivity contribution in [2.24, 2.45) is 5.92 Å². The molecule has 0 bridgehead atoms. The van der Waals surface area contributed by atoms with Gasteiger partial charge in [-0.3, -0.25) is 19.0 Å². The fraction of sp³-hybridized carbons (Fsp3) is 0.414. The lowest BCUT2D eigenvalue weighted by molar-refractivity contribution is -0.125. The van der Waals surface area contributed by atoms with Crippen molar-refractivity contribution in [3.63, 3.8) is 0 Å². The smallest absolute Gasteiger partial charge is 0.410 e. The predicted molar refractivity (Wildman–Crippen MR) is 159 cm³/mol.